The number of hydrogen-bond acceptors (Lipinski definition) is 5. The molecule has 0 fully saturated rings. The van der Waals surface area contributed by atoms with E-state index in [4.69, 9.17) is 21.1 Å². The van der Waals surface area contributed by atoms with Gasteiger partial charge in [0.1, 0.15) is 0 Å². The highest BCUT2D eigenvalue weighted by Gasteiger charge is 2.43. The van der Waals surface area contributed by atoms with Gasteiger partial charge in [-0.15, -0.1) is 0 Å². The molecule has 1 N–H and O–H groups in total. The summed E-state index contributed by atoms with van der Waals surface area (Å²) < 4.78 is 39.0. The van der Waals surface area contributed by atoms with E-state index in [0.29, 0.717) is 17.1 Å². The Kier molecular flexibility index (Phi) is 4.42. The monoisotopic (exact) mass is 455 g/mol. The largest absolute Gasteiger partial charge is 0.477 e. The molecule has 0 saturated heterocycles. The smallest absolute Gasteiger partial charge is 0.354 e. The van der Waals surface area contributed by atoms with Crippen molar-refractivity contribution in [1.29, 1.82) is 0 Å². The number of carboxylic acid groups (broad SMARTS) is 1. The van der Waals surface area contributed by atoms with Crippen LogP contribution in [-0.4, -0.2) is 26.3 Å². The van der Waals surface area contributed by atoms with E-state index in [0.717, 1.165) is 4.31 Å². The fourth-order valence-corrected chi connectivity index (χ4v) is 5.80. The molecule has 5 rings (SSSR count). The van der Waals surface area contributed by atoms with Gasteiger partial charge in [0.15, 0.2) is 17.2 Å². The van der Waals surface area contributed by atoms with Crippen LogP contribution >= 0.6 is 11.6 Å². The molecule has 31 heavy (non-hydrogen) atoms. The number of carbonyl (C=O) groups is 1. The second kappa shape index (κ2) is 7.04. The molecule has 0 aliphatic carbocycles. The molecule has 2 heterocycles. The number of ether oxygens (including phenoxy) is 2. The number of sulfonamides is 1. The maximum atomic E-state index is 13.6. The van der Waals surface area contributed by atoms with Gasteiger partial charge in [0, 0.05) is 16.7 Å². The molecule has 9 heteroatoms. The summed E-state index contributed by atoms with van der Waals surface area (Å²) in [6, 6.07) is 17.5. The lowest BCUT2D eigenvalue weighted by molar-refractivity contribution is -0.132. The number of hydrogen-bond donors (Lipinski definition) is 1. The van der Waals surface area contributed by atoms with Gasteiger partial charge >= 0.3 is 5.97 Å². The van der Waals surface area contributed by atoms with Crippen molar-refractivity contribution in [2.75, 3.05) is 11.1 Å². The molecular weight excluding hydrogens is 442 g/mol. The number of benzene rings is 3. The van der Waals surface area contributed by atoms with Crippen molar-refractivity contribution >= 4 is 38.9 Å². The first kappa shape index (κ1) is 19.5. The zero-order valence-electron chi connectivity index (χ0n) is 15.8. The number of fused-ring (bicyclic) bond motifs is 2. The van der Waals surface area contributed by atoms with Crippen LogP contribution in [0.2, 0.25) is 5.02 Å². The second-order valence-electron chi connectivity index (χ2n) is 6.79. The fourth-order valence-electron chi connectivity index (χ4n) is 3.81. The Hall–Kier alpha value is -3.49. The fraction of sp³-hybridized carbons (Fsp3) is 0.0455. The van der Waals surface area contributed by atoms with Gasteiger partial charge in [0.05, 0.1) is 15.6 Å². The van der Waals surface area contributed by atoms with Crippen LogP contribution in [0, 0.1) is 0 Å². The third-order valence-electron chi connectivity index (χ3n) is 5.05. The van der Waals surface area contributed by atoms with Gasteiger partial charge in [0.2, 0.25) is 6.79 Å². The van der Waals surface area contributed by atoms with Crippen LogP contribution in [0.3, 0.4) is 0 Å². The minimum Gasteiger partial charge on any atom is -0.477 e. The molecule has 0 atom stereocenters. The molecule has 0 radical (unpaired) electrons. The average Bonchev–Trinajstić information content (AvgIpc) is 3.23. The molecule has 2 aliphatic heterocycles. The molecule has 2 aliphatic rings. The lowest BCUT2D eigenvalue weighted by atomic mass is 9.94. The molecule has 0 amide bonds. The van der Waals surface area contributed by atoms with Gasteiger partial charge < -0.3 is 14.6 Å². The quantitative estimate of drug-likeness (QED) is 0.638. The summed E-state index contributed by atoms with van der Waals surface area (Å²) in [6.07, 6.45) is 0. The first-order valence-electron chi connectivity index (χ1n) is 9.17. The van der Waals surface area contributed by atoms with E-state index in [2.05, 4.69) is 0 Å². The molecule has 0 saturated carbocycles. The van der Waals surface area contributed by atoms with Gasteiger partial charge in [-0.3, -0.25) is 0 Å². The van der Waals surface area contributed by atoms with Crippen LogP contribution in [-0.2, 0) is 14.8 Å². The molecule has 0 unspecified atom stereocenters. The third kappa shape index (κ3) is 2.87. The normalized spacial score (nSPS) is 16.2. The molecular formula is C22H14ClNO6S. The molecule has 0 bridgehead atoms. The molecule has 0 aromatic heterocycles. The van der Waals surface area contributed by atoms with Crippen LogP contribution in [0.5, 0.6) is 11.5 Å². The number of anilines is 1. The number of halogens is 1. The minimum absolute atomic E-state index is 0.0177. The average molecular weight is 456 g/mol. The zero-order chi connectivity index (χ0) is 21.8. The van der Waals surface area contributed by atoms with Crippen molar-refractivity contribution in [1.82, 2.24) is 0 Å². The Morgan fingerprint density at radius 3 is 2.42 bits per heavy atom. The highest BCUT2D eigenvalue weighted by Crippen LogP contribution is 2.48. The first-order valence-corrected chi connectivity index (χ1v) is 11.0. The van der Waals surface area contributed by atoms with Crippen molar-refractivity contribution in [2.24, 2.45) is 0 Å². The van der Waals surface area contributed by atoms with Crippen molar-refractivity contribution in [3.63, 3.8) is 0 Å². The Morgan fingerprint density at radius 2 is 1.65 bits per heavy atom. The molecule has 7 nitrogen and oxygen atoms in total. The van der Waals surface area contributed by atoms with Gasteiger partial charge in [-0.2, -0.15) is 0 Å². The summed E-state index contributed by atoms with van der Waals surface area (Å²) in [5.41, 5.74) is 0.452. The maximum absolute atomic E-state index is 13.6. The standard InChI is InChI=1S/C22H14ClNO6S/c23-15-8-2-3-9-16(15)24-20(22(25)26)19(13-6-1-4-11-18(13)31(24,27)28)14-7-5-10-17-21(14)30-12-29-17/h1-11H,12H2,(H,25,26). The highest BCUT2D eigenvalue weighted by molar-refractivity contribution is 7.93. The van der Waals surface area contributed by atoms with E-state index in [1.54, 1.807) is 48.5 Å². The van der Waals surface area contributed by atoms with Crippen molar-refractivity contribution < 1.29 is 27.8 Å². The van der Waals surface area contributed by atoms with E-state index in [-0.39, 0.29) is 33.5 Å². The Morgan fingerprint density at radius 1 is 0.935 bits per heavy atom. The molecule has 3 aromatic carbocycles. The van der Waals surface area contributed by atoms with Crippen molar-refractivity contribution in [3.8, 4) is 11.5 Å². The SMILES string of the molecule is O=C(O)C1=C(c2cccc3c2OCO3)c2ccccc2S(=O)(=O)N1c1ccccc1Cl. The second-order valence-corrected chi connectivity index (χ2v) is 8.95. The van der Waals surface area contributed by atoms with Crippen LogP contribution in [0.1, 0.15) is 11.1 Å². The Labute approximate surface area is 182 Å². The van der Waals surface area contributed by atoms with Gasteiger partial charge in [0.25, 0.3) is 10.0 Å². The number of nitrogens with zero attached hydrogens (tertiary/aromatic N) is 1. The maximum Gasteiger partial charge on any atom is 0.354 e. The van der Waals surface area contributed by atoms with E-state index in [1.807, 2.05) is 0 Å². The Balaban J connectivity index is 1.94. The molecule has 0 spiro atoms. The number of para-hydroxylation sites is 2. The summed E-state index contributed by atoms with van der Waals surface area (Å²) >= 11 is 6.30. The summed E-state index contributed by atoms with van der Waals surface area (Å²) in [5.74, 6) is -0.626. The van der Waals surface area contributed by atoms with Crippen LogP contribution in [0.15, 0.2) is 77.3 Å². The molecule has 3 aromatic rings. The summed E-state index contributed by atoms with van der Waals surface area (Å²) in [6.45, 7) is -0.0177. The van der Waals surface area contributed by atoms with E-state index >= 15 is 0 Å². The first-order chi connectivity index (χ1) is 14.9. The number of carboxylic acids is 1. The molecule has 156 valence electrons. The third-order valence-corrected chi connectivity index (χ3v) is 7.15. The van der Waals surface area contributed by atoms with E-state index < -0.39 is 21.7 Å². The topological polar surface area (TPSA) is 93.1 Å². The number of rotatable bonds is 3. The van der Waals surface area contributed by atoms with E-state index in [1.165, 1.54) is 18.2 Å². The number of aliphatic carboxylic acids is 1. The predicted octanol–water partition coefficient (Wildman–Crippen LogP) is 4.12. The Bertz CT molecular complexity index is 1380. The lowest BCUT2D eigenvalue weighted by Crippen LogP contribution is -2.38. The summed E-state index contributed by atoms with van der Waals surface area (Å²) in [4.78, 5) is 12.5. The highest BCUT2D eigenvalue weighted by atomic mass is 35.5. The van der Waals surface area contributed by atoms with Crippen LogP contribution < -0.4 is 13.8 Å². The zero-order valence-corrected chi connectivity index (χ0v) is 17.4. The minimum atomic E-state index is -4.27. The van der Waals surface area contributed by atoms with Crippen LogP contribution in [0.4, 0.5) is 5.69 Å². The predicted molar refractivity (Wildman–Crippen MR) is 114 cm³/mol. The van der Waals surface area contributed by atoms with Gasteiger partial charge in [-0.05, 0) is 24.3 Å². The lowest BCUT2D eigenvalue weighted by Gasteiger charge is -2.33. The van der Waals surface area contributed by atoms with Crippen molar-refractivity contribution in [2.45, 2.75) is 4.90 Å². The van der Waals surface area contributed by atoms with Crippen LogP contribution in [0.25, 0.3) is 5.57 Å². The summed E-state index contributed by atoms with van der Waals surface area (Å²) in [7, 11) is -4.27. The van der Waals surface area contributed by atoms with Crippen molar-refractivity contribution in [3.05, 3.63) is 88.6 Å². The van der Waals surface area contributed by atoms with Gasteiger partial charge in [-0.1, -0.05) is 54.1 Å². The van der Waals surface area contributed by atoms with E-state index in [9.17, 15) is 18.3 Å². The summed E-state index contributed by atoms with van der Waals surface area (Å²) in [5, 5.41) is 10.3. The van der Waals surface area contributed by atoms with Gasteiger partial charge in [-0.25, -0.2) is 17.5 Å².